The summed E-state index contributed by atoms with van der Waals surface area (Å²) < 4.78 is 11.6. The lowest BCUT2D eigenvalue weighted by Crippen LogP contribution is -2.46. The SMILES string of the molecule is CCCCC(=O)Nc1ccc2c(c1)OC(C)C(=O)N2CCOc1ccc(C)cc1. The van der Waals surface area contributed by atoms with Gasteiger partial charge < -0.3 is 19.7 Å². The molecule has 6 heteroatoms. The van der Waals surface area contributed by atoms with Crippen molar-refractivity contribution < 1.29 is 19.1 Å². The number of ether oxygens (including phenoxy) is 2. The molecule has 2 aromatic carbocycles. The van der Waals surface area contributed by atoms with Gasteiger partial charge in [-0.1, -0.05) is 31.0 Å². The van der Waals surface area contributed by atoms with Crippen LogP contribution in [0.3, 0.4) is 0 Å². The third kappa shape index (κ3) is 5.28. The third-order valence-corrected chi connectivity index (χ3v) is 4.81. The third-order valence-electron chi connectivity index (χ3n) is 4.81. The minimum absolute atomic E-state index is 0.0184. The summed E-state index contributed by atoms with van der Waals surface area (Å²) in [7, 11) is 0. The molecule has 0 bridgehead atoms. The van der Waals surface area contributed by atoms with Crippen molar-refractivity contribution in [3.63, 3.8) is 0 Å². The van der Waals surface area contributed by atoms with Crippen molar-refractivity contribution in [2.45, 2.75) is 46.1 Å². The van der Waals surface area contributed by atoms with Gasteiger partial charge in [0.2, 0.25) is 5.91 Å². The van der Waals surface area contributed by atoms with E-state index < -0.39 is 6.10 Å². The van der Waals surface area contributed by atoms with Crippen molar-refractivity contribution in [2.75, 3.05) is 23.4 Å². The van der Waals surface area contributed by atoms with Crippen molar-refractivity contribution in [3.05, 3.63) is 48.0 Å². The fraction of sp³-hybridized carbons (Fsp3) is 0.391. The van der Waals surface area contributed by atoms with Gasteiger partial charge in [0.1, 0.15) is 18.1 Å². The van der Waals surface area contributed by atoms with E-state index in [0.717, 1.165) is 18.6 Å². The predicted molar refractivity (Wildman–Crippen MR) is 114 cm³/mol. The summed E-state index contributed by atoms with van der Waals surface area (Å²) in [5.74, 6) is 1.23. The molecule has 0 spiro atoms. The molecule has 3 rings (SSSR count). The number of amides is 2. The van der Waals surface area contributed by atoms with Crippen LogP contribution in [-0.2, 0) is 9.59 Å². The van der Waals surface area contributed by atoms with Gasteiger partial charge in [-0.25, -0.2) is 0 Å². The fourth-order valence-corrected chi connectivity index (χ4v) is 3.17. The molecule has 0 radical (unpaired) electrons. The Morgan fingerprint density at radius 1 is 1.21 bits per heavy atom. The molecule has 1 atom stereocenters. The van der Waals surface area contributed by atoms with Gasteiger partial charge in [-0.3, -0.25) is 9.59 Å². The molecule has 1 aliphatic rings. The number of rotatable bonds is 8. The van der Waals surface area contributed by atoms with Crippen LogP contribution in [0.2, 0.25) is 0 Å². The molecule has 1 N–H and O–H groups in total. The minimum Gasteiger partial charge on any atom is -0.492 e. The molecule has 0 aliphatic carbocycles. The average Bonchev–Trinajstić information content (AvgIpc) is 2.70. The maximum atomic E-state index is 12.6. The lowest BCUT2D eigenvalue weighted by Gasteiger charge is -2.33. The first-order chi connectivity index (χ1) is 14.0. The monoisotopic (exact) mass is 396 g/mol. The zero-order valence-electron chi connectivity index (χ0n) is 17.2. The van der Waals surface area contributed by atoms with E-state index in [-0.39, 0.29) is 11.8 Å². The number of fused-ring (bicyclic) bond motifs is 1. The van der Waals surface area contributed by atoms with E-state index in [9.17, 15) is 9.59 Å². The predicted octanol–water partition coefficient (Wildman–Crippen LogP) is 4.32. The Morgan fingerprint density at radius 3 is 2.69 bits per heavy atom. The lowest BCUT2D eigenvalue weighted by atomic mass is 10.1. The number of benzene rings is 2. The largest absolute Gasteiger partial charge is 0.492 e. The number of hydrogen-bond acceptors (Lipinski definition) is 4. The van der Waals surface area contributed by atoms with Crippen molar-refractivity contribution in [1.82, 2.24) is 0 Å². The van der Waals surface area contributed by atoms with Gasteiger partial charge in [-0.05, 0) is 44.5 Å². The number of unbranched alkanes of at least 4 members (excludes halogenated alkanes) is 1. The first kappa shape index (κ1) is 20.7. The molecule has 1 unspecified atom stereocenters. The van der Waals surface area contributed by atoms with E-state index in [1.807, 2.05) is 31.2 Å². The van der Waals surface area contributed by atoms with Gasteiger partial charge in [0.05, 0.1) is 12.2 Å². The summed E-state index contributed by atoms with van der Waals surface area (Å²) in [5, 5.41) is 2.89. The van der Waals surface area contributed by atoms with Gasteiger partial charge in [0.25, 0.3) is 5.91 Å². The van der Waals surface area contributed by atoms with Crippen molar-refractivity contribution in [3.8, 4) is 11.5 Å². The van der Waals surface area contributed by atoms with Crippen LogP contribution >= 0.6 is 0 Å². The molecular formula is C23H28N2O4. The van der Waals surface area contributed by atoms with Crippen LogP contribution in [0.25, 0.3) is 0 Å². The molecule has 0 fully saturated rings. The molecule has 1 aliphatic heterocycles. The van der Waals surface area contributed by atoms with Crippen LogP contribution in [0, 0.1) is 6.92 Å². The quantitative estimate of drug-likeness (QED) is 0.722. The number of anilines is 2. The fourth-order valence-electron chi connectivity index (χ4n) is 3.17. The number of carbonyl (C=O) groups is 2. The molecule has 0 saturated heterocycles. The van der Waals surface area contributed by atoms with Crippen molar-refractivity contribution >= 4 is 23.2 Å². The molecule has 2 amide bonds. The second kappa shape index (κ2) is 9.45. The van der Waals surface area contributed by atoms with Crippen molar-refractivity contribution in [2.24, 2.45) is 0 Å². The average molecular weight is 396 g/mol. The summed E-state index contributed by atoms with van der Waals surface area (Å²) in [4.78, 5) is 26.3. The zero-order chi connectivity index (χ0) is 20.8. The number of nitrogens with zero attached hydrogens (tertiary/aromatic N) is 1. The zero-order valence-corrected chi connectivity index (χ0v) is 17.2. The Labute approximate surface area is 171 Å². The Morgan fingerprint density at radius 2 is 1.97 bits per heavy atom. The Hall–Kier alpha value is -3.02. The highest BCUT2D eigenvalue weighted by Crippen LogP contribution is 2.36. The van der Waals surface area contributed by atoms with E-state index in [0.29, 0.717) is 36.7 Å². The van der Waals surface area contributed by atoms with E-state index in [4.69, 9.17) is 9.47 Å². The molecule has 1 heterocycles. The summed E-state index contributed by atoms with van der Waals surface area (Å²) in [6, 6.07) is 13.2. The minimum atomic E-state index is -0.590. The molecule has 29 heavy (non-hydrogen) atoms. The topological polar surface area (TPSA) is 67.9 Å². The molecule has 0 saturated carbocycles. The van der Waals surface area contributed by atoms with Crippen LogP contribution in [0.15, 0.2) is 42.5 Å². The highest BCUT2D eigenvalue weighted by molar-refractivity contribution is 6.00. The second-order valence-corrected chi connectivity index (χ2v) is 7.25. The summed E-state index contributed by atoms with van der Waals surface area (Å²) in [6.07, 6.45) is 1.73. The van der Waals surface area contributed by atoms with Gasteiger partial charge in [0, 0.05) is 18.2 Å². The molecule has 6 nitrogen and oxygen atoms in total. The van der Waals surface area contributed by atoms with Gasteiger partial charge in [0.15, 0.2) is 6.10 Å². The smallest absolute Gasteiger partial charge is 0.267 e. The number of carbonyl (C=O) groups excluding carboxylic acids is 2. The maximum absolute atomic E-state index is 12.6. The second-order valence-electron chi connectivity index (χ2n) is 7.25. The standard InChI is InChI=1S/C23H28N2O4/c1-4-5-6-22(26)24-18-9-12-20-21(15-18)29-17(3)23(27)25(20)13-14-28-19-10-7-16(2)8-11-19/h7-12,15,17H,4-6,13-14H2,1-3H3,(H,24,26). The lowest BCUT2D eigenvalue weighted by molar-refractivity contribution is -0.125. The summed E-state index contributed by atoms with van der Waals surface area (Å²) in [6.45, 7) is 6.59. The Balaban J connectivity index is 1.68. The van der Waals surface area contributed by atoms with Crippen LogP contribution in [0.4, 0.5) is 11.4 Å². The highest BCUT2D eigenvalue weighted by Gasteiger charge is 2.31. The number of nitrogens with one attached hydrogen (secondary N) is 1. The van der Waals surface area contributed by atoms with Crippen LogP contribution in [-0.4, -0.2) is 31.1 Å². The van der Waals surface area contributed by atoms with Crippen LogP contribution in [0.1, 0.15) is 38.7 Å². The van der Waals surface area contributed by atoms with E-state index in [2.05, 4.69) is 12.2 Å². The van der Waals surface area contributed by atoms with Crippen LogP contribution < -0.4 is 19.7 Å². The van der Waals surface area contributed by atoms with Crippen molar-refractivity contribution in [1.29, 1.82) is 0 Å². The summed E-state index contributed by atoms with van der Waals surface area (Å²) >= 11 is 0. The normalized spacial score (nSPS) is 15.5. The number of aryl methyl sites for hydroxylation is 1. The maximum Gasteiger partial charge on any atom is 0.267 e. The van der Waals surface area contributed by atoms with E-state index >= 15 is 0 Å². The highest BCUT2D eigenvalue weighted by atomic mass is 16.5. The number of hydrogen-bond donors (Lipinski definition) is 1. The van der Waals surface area contributed by atoms with E-state index in [1.165, 1.54) is 5.56 Å². The Bertz CT molecular complexity index is 864. The molecule has 154 valence electrons. The van der Waals surface area contributed by atoms with Gasteiger partial charge >= 0.3 is 0 Å². The van der Waals surface area contributed by atoms with Crippen LogP contribution in [0.5, 0.6) is 11.5 Å². The first-order valence-electron chi connectivity index (χ1n) is 10.1. The first-order valence-corrected chi connectivity index (χ1v) is 10.1. The molecular weight excluding hydrogens is 368 g/mol. The van der Waals surface area contributed by atoms with E-state index in [1.54, 1.807) is 30.0 Å². The summed E-state index contributed by atoms with van der Waals surface area (Å²) in [5.41, 5.74) is 2.52. The van der Waals surface area contributed by atoms with Gasteiger partial charge in [-0.2, -0.15) is 0 Å². The molecule has 2 aromatic rings. The van der Waals surface area contributed by atoms with Gasteiger partial charge in [-0.15, -0.1) is 0 Å². The molecule has 0 aromatic heterocycles. The Kier molecular flexibility index (Phi) is 6.75.